The smallest absolute Gasteiger partial charge is 0.341 e. The molecule has 1 saturated heterocycles. The van der Waals surface area contributed by atoms with Gasteiger partial charge in [-0.3, -0.25) is 0 Å². The molecule has 3 rings (SSSR count). The van der Waals surface area contributed by atoms with Crippen LogP contribution in [0.3, 0.4) is 0 Å². The van der Waals surface area contributed by atoms with Crippen LogP contribution in [0.15, 0.2) is 18.3 Å². The maximum atomic E-state index is 14.7. The van der Waals surface area contributed by atoms with Crippen molar-refractivity contribution < 1.29 is 23.4 Å². The Hall–Kier alpha value is -1.99. The van der Waals surface area contributed by atoms with E-state index < -0.39 is 11.8 Å². The average molecular weight is 351 g/mol. The molecule has 0 saturated carbocycles. The minimum Gasteiger partial charge on any atom is -0.491 e. The molecule has 0 bridgehead atoms. The van der Waals surface area contributed by atoms with Gasteiger partial charge in [0.15, 0.2) is 0 Å². The van der Waals surface area contributed by atoms with Crippen molar-refractivity contribution in [3.8, 4) is 16.3 Å². The number of methoxy groups -OCH3 is 1. The summed E-state index contributed by atoms with van der Waals surface area (Å²) in [4.78, 5) is 17.0. The molecule has 1 fully saturated rings. The fraction of sp³-hybridized carbons (Fsp3) is 0.412. The lowest BCUT2D eigenvalue weighted by Crippen LogP contribution is -2.16. The second-order valence-corrected chi connectivity index (χ2v) is 6.78. The molecule has 1 aliphatic rings. The number of thiazole rings is 1. The van der Waals surface area contributed by atoms with Gasteiger partial charge < -0.3 is 14.2 Å². The van der Waals surface area contributed by atoms with Crippen molar-refractivity contribution in [1.82, 2.24) is 4.98 Å². The van der Waals surface area contributed by atoms with Gasteiger partial charge in [-0.05, 0) is 31.9 Å². The molecule has 24 heavy (non-hydrogen) atoms. The molecule has 128 valence electrons. The van der Waals surface area contributed by atoms with E-state index in [9.17, 15) is 9.18 Å². The van der Waals surface area contributed by atoms with Crippen LogP contribution < -0.4 is 4.74 Å². The van der Waals surface area contributed by atoms with E-state index in [0.29, 0.717) is 17.4 Å². The molecule has 0 N–H and O–H groups in total. The minimum atomic E-state index is -0.746. The first-order chi connectivity index (χ1) is 11.6. The molecule has 2 heterocycles. The van der Waals surface area contributed by atoms with Gasteiger partial charge in [-0.15, -0.1) is 11.3 Å². The van der Waals surface area contributed by atoms with Crippen LogP contribution in [0.1, 0.15) is 28.1 Å². The van der Waals surface area contributed by atoms with Crippen molar-refractivity contribution in [2.75, 3.05) is 20.3 Å². The summed E-state index contributed by atoms with van der Waals surface area (Å²) >= 11 is 1.35. The lowest BCUT2D eigenvalue weighted by atomic mass is 10.1. The standard InChI is InChI=1S/C17H18FNO4S/c1-10-8-19-16(24-10)13-6-12(23-9-11-4-3-5-22-11)7-14(15(13)18)17(20)21-2/h6-8,11H,3-5,9H2,1-2H3/t11-/m0/s1. The van der Waals surface area contributed by atoms with Gasteiger partial charge in [0.2, 0.25) is 0 Å². The Kier molecular flexibility index (Phi) is 5.11. The number of aryl methyl sites for hydroxylation is 1. The molecule has 1 aliphatic heterocycles. The predicted molar refractivity (Wildman–Crippen MR) is 88.1 cm³/mol. The molecule has 0 amide bonds. The third kappa shape index (κ3) is 3.57. The molecular weight excluding hydrogens is 333 g/mol. The van der Waals surface area contributed by atoms with Crippen LogP contribution in [-0.4, -0.2) is 37.4 Å². The number of carbonyl (C=O) groups is 1. The third-order valence-electron chi connectivity index (χ3n) is 3.76. The Morgan fingerprint density at radius 1 is 1.50 bits per heavy atom. The Morgan fingerprint density at radius 3 is 2.96 bits per heavy atom. The number of nitrogens with zero attached hydrogens (tertiary/aromatic N) is 1. The lowest BCUT2D eigenvalue weighted by molar-refractivity contribution is 0.0592. The van der Waals surface area contributed by atoms with Gasteiger partial charge in [0.05, 0.1) is 24.3 Å². The van der Waals surface area contributed by atoms with Crippen LogP contribution in [-0.2, 0) is 9.47 Å². The normalized spacial score (nSPS) is 17.0. The van der Waals surface area contributed by atoms with Crippen LogP contribution in [0.5, 0.6) is 5.75 Å². The Labute approximate surface area is 143 Å². The zero-order valence-electron chi connectivity index (χ0n) is 13.5. The molecule has 0 radical (unpaired) electrons. The van der Waals surface area contributed by atoms with Crippen LogP contribution in [0.2, 0.25) is 0 Å². The molecule has 0 spiro atoms. The number of halogens is 1. The van der Waals surface area contributed by atoms with Gasteiger partial charge in [-0.2, -0.15) is 0 Å². The molecule has 5 nitrogen and oxygen atoms in total. The highest BCUT2D eigenvalue weighted by Crippen LogP contribution is 2.33. The van der Waals surface area contributed by atoms with Gasteiger partial charge in [0.1, 0.15) is 23.2 Å². The summed E-state index contributed by atoms with van der Waals surface area (Å²) < 4.78 is 30.6. The first-order valence-electron chi connectivity index (χ1n) is 7.67. The zero-order chi connectivity index (χ0) is 17.1. The summed E-state index contributed by atoms with van der Waals surface area (Å²) in [6, 6.07) is 2.93. The zero-order valence-corrected chi connectivity index (χ0v) is 14.3. The number of aromatic nitrogens is 1. The van der Waals surface area contributed by atoms with Gasteiger partial charge in [-0.25, -0.2) is 14.2 Å². The maximum Gasteiger partial charge on any atom is 0.341 e. The van der Waals surface area contributed by atoms with E-state index in [1.54, 1.807) is 12.3 Å². The number of esters is 1. The van der Waals surface area contributed by atoms with Gasteiger partial charge >= 0.3 is 5.97 Å². The number of hydrogen-bond donors (Lipinski definition) is 0. The Bertz CT molecular complexity index is 740. The second-order valence-electron chi connectivity index (χ2n) is 5.55. The first kappa shape index (κ1) is 16.9. The highest BCUT2D eigenvalue weighted by atomic mass is 32.1. The second kappa shape index (κ2) is 7.27. The number of hydrogen-bond acceptors (Lipinski definition) is 6. The van der Waals surface area contributed by atoms with Crippen molar-refractivity contribution in [3.63, 3.8) is 0 Å². The number of carbonyl (C=O) groups excluding carboxylic acids is 1. The lowest BCUT2D eigenvalue weighted by Gasteiger charge is -2.14. The van der Waals surface area contributed by atoms with E-state index >= 15 is 0 Å². The minimum absolute atomic E-state index is 0.0298. The highest BCUT2D eigenvalue weighted by Gasteiger charge is 2.22. The molecular formula is C17H18FNO4S. The molecule has 2 aromatic rings. The van der Waals surface area contributed by atoms with E-state index in [0.717, 1.165) is 24.3 Å². The summed E-state index contributed by atoms with van der Waals surface area (Å²) in [6.45, 7) is 2.98. The fourth-order valence-corrected chi connectivity index (χ4v) is 3.31. The van der Waals surface area contributed by atoms with Gasteiger partial charge in [0.25, 0.3) is 0 Å². The van der Waals surface area contributed by atoms with E-state index in [1.807, 2.05) is 6.92 Å². The van der Waals surface area contributed by atoms with E-state index in [-0.39, 0.29) is 17.2 Å². The number of rotatable bonds is 5. The van der Waals surface area contributed by atoms with Crippen LogP contribution >= 0.6 is 11.3 Å². The molecule has 1 aromatic carbocycles. The summed E-state index contributed by atoms with van der Waals surface area (Å²) in [5.74, 6) is -1.000. The van der Waals surface area contributed by atoms with Crippen molar-refractivity contribution in [2.45, 2.75) is 25.9 Å². The number of ether oxygens (including phenoxy) is 3. The van der Waals surface area contributed by atoms with E-state index in [2.05, 4.69) is 9.72 Å². The molecule has 1 atom stereocenters. The summed E-state index contributed by atoms with van der Waals surface area (Å²) in [6.07, 6.45) is 3.64. The highest BCUT2D eigenvalue weighted by molar-refractivity contribution is 7.14. The Balaban J connectivity index is 1.94. The largest absolute Gasteiger partial charge is 0.491 e. The van der Waals surface area contributed by atoms with Crippen LogP contribution in [0.4, 0.5) is 4.39 Å². The van der Waals surface area contributed by atoms with Gasteiger partial charge in [-0.1, -0.05) is 0 Å². The van der Waals surface area contributed by atoms with Crippen molar-refractivity contribution in [3.05, 3.63) is 34.6 Å². The summed E-state index contributed by atoms with van der Waals surface area (Å²) in [5.41, 5.74) is 0.0727. The maximum absolute atomic E-state index is 14.7. The van der Waals surface area contributed by atoms with Crippen LogP contribution in [0.25, 0.3) is 10.6 Å². The number of benzene rings is 1. The quantitative estimate of drug-likeness (QED) is 0.771. The third-order valence-corrected chi connectivity index (χ3v) is 4.71. The molecule has 0 aliphatic carbocycles. The fourth-order valence-electron chi connectivity index (χ4n) is 2.54. The topological polar surface area (TPSA) is 57.7 Å². The van der Waals surface area contributed by atoms with Crippen molar-refractivity contribution in [1.29, 1.82) is 0 Å². The Morgan fingerprint density at radius 2 is 2.33 bits per heavy atom. The van der Waals surface area contributed by atoms with Crippen LogP contribution in [0, 0.1) is 12.7 Å². The average Bonchev–Trinajstić information content (AvgIpc) is 3.24. The van der Waals surface area contributed by atoms with Crippen molar-refractivity contribution in [2.24, 2.45) is 0 Å². The predicted octanol–water partition coefficient (Wildman–Crippen LogP) is 3.60. The monoisotopic (exact) mass is 351 g/mol. The van der Waals surface area contributed by atoms with Gasteiger partial charge in [0, 0.05) is 17.7 Å². The summed E-state index contributed by atoms with van der Waals surface area (Å²) in [7, 11) is 1.22. The first-order valence-corrected chi connectivity index (χ1v) is 8.49. The SMILES string of the molecule is COC(=O)c1cc(OC[C@@H]2CCCO2)cc(-c2ncc(C)s2)c1F. The molecule has 0 unspecified atom stereocenters. The summed E-state index contributed by atoms with van der Waals surface area (Å²) in [5, 5.41) is 0.498. The molecule has 7 heteroatoms. The van der Waals surface area contributed by atoms with E-state index in [4.69, 9.17) is 9.47 Å². The molecule has 1 aromatic heterocycles. The van der Waals surface area contributed by atoms with Crippen molar-refractivity contribution >= 4 is 17.3 Å². The van der Waals surface area contributed by atoms with E-state index in [1.165, 1.54) is 24.5 Å².